The van der Waals surface area contributed by atoms with E-state index in [1.54, 1.807) is 19.1 Å². The molecule has 6 heteroatoms. The van der Waals surface area contributed by atoms with Gasteiger partial charge in [-0.1, -0.05) is 24.0 Å². The zero-order valence-corrected chi connectivity index (χ0v) is 10.7. The minimum atomic E-state index is -3.81. The molecule has 0 aliphatic heterocycles. The number of carbonyl (C=O) groups is 1. The lowest BCUT2D eigenvalue weighted by atomic mass is 10.2. The minimum Gasteiger partial charge on any atom is -0.465 e. The molecule has 0 heterocycles. The van der Waals surface area contributed by atoms with Crippen LogP contribution in [0.3, 0.4) is 0 Å². The second kappa shape index (κ2) is 6.19. The topological polar surface area (TPSA) is 86.5 Å². The Kier molecular flexibility index (Phi) is 4.89. The van der Waals surface area contributed by atoms with E-state index in [4.69, 9.17) is 9.88 Å². The van der Waals surface area contributed by atoms with Crippen molar-refractivity contribution in [3.8, 4) is 11.8 Å². The first kappa shape index (κ1) is 14.2. The quantitative estimate of drug-likeness (QED) is 0.643. The summed E-state index contributed by atoms with van der Waals surface area (Å²) in [6.45, 7) is 1.98. The van der Waals surface area contributed by atoms with Gasteiger partial charge in [-0.25, -0.2) is 13.6 Å². The van der Waals surface area contributed by atoms with Gasteiger partial charge in [0.25, 0.3) is 0 Å². The molecule has 0 bridgehead atoms. The maximum absolute atomic E-state index is 11.3. The van der Waals surface area contributed by atoms with E-state index < -0.39 is 16.0 Å². The van der Waals surface area contributed by atoms with Gasteiger partial charge < -0.3 is 4.74 Å². The number of carbonyl (C=O) groups excluding carboxylic acids is 1. The van der Waals surface area contributed by atoms with E-state index in [0.717, 1.165) is 0 Å². The molecule has 0 saturated heterocycles. The smallest absolute Gasteiger partial charge is 0.317 e. The van der Waals surface area contributed by atoms with E-state index in [1.807, 2.05) is 0 Å². The summed E-state index contributed by atoms with van der Waals surface area (Å²) in [5.74, 6) is 4.71. The summed E-state index contributed by atoms with van der Waals surface area (Å²) in [5.41, 5.74) is 0.268. The summed E-state index contributed by atoms with van der Waals surface area (Å²) in [5, 5.41) is 5.05. The molecule has 5 nitrogen and oxygen atoms in total. The molecule has 0 atom stereocenters. The Bertz CT molecular complexity index is 596. The maximum atomic E-state index is 11.3. The van der Waals surface area contributed by atoms with Crippen LogP contribution in [0.2, 0.25) is 0 Å². The largest absolute Gasteiger partial charge is 0.465 e. The molecule has 0 fully saturated rings. The number of nitrogens with two attached hydrogens (primary N) is 1. The Hall–Kier alpha value is -1.84. The third-order valence-corrected chi connectivity index (χ3v) is 2.92. The van der Waals surface area contributed by atoms with Gasteiger partial charge in [0.1, 0.15) is 6.42 Å². The summed E-state index contributed by atoms with van der Waals surface area (Å²) < 4.78 is 27.2. The number of hydrogen-bond acceptors (Lipinski definition) is 4. The molecule has 2 N–H and O–H groups in total. The van der Waals surface area contributed by atoms with Gasteiger partial charge in [0.05, 0.1) is 11.5 Å². The van der Waals surface area contributed by atoms with Crippen LogP contribution in [-0.4, -0.2) is 21.0 Å². The zero-order chi connectivity index (χ0) is 13.6. The number of esters is 1. The summed E-state index contributed by atoms with van der Waals surface area (Å²) in [4.78, 5) is 11.0. The van der Waals surface area contributed by atoms with Crippen LogP contribution in [0.15, 0.2) is 29.2 Å². The number of sulfonamides is 1. The van der Waals surface area contributed by atoms with Crippen LogP contribution in [-0.2, 0) is 19.6 Å². The first-order chi connectivity index (χ1) is 8.45. The van der Waals surface area contributed by atoms with Crippen LogP contribution in [0.1, 0.15) is 18.9 Å². The van der Waals surface area contributed by atoms with Crippen molar-refractivity contribution in [3.63, 3.8) is 0 Å². The normalized spacial score (nSPS) is 10.3. The third kappa shape index (κ3) is 4.20. The van der Waals surface area contributed by atoms with Crippen LogP contribution in [0, 0.1) is 11.8 Å². The molecule has 0 amide bonds. The van der Waals surface area contributed by atoms with Gasteiger partial charge in [0.15, 0.2) is 0 Å². The van der Waals surface area contributed by atoms with Crippen molar-refractivity contribution >= 4 is 16.0 Å². The van der Waals surface area contributed by atoms with E-state index in [2.05, 4.69) is 11.8 Å². The SMILES string of the molecule is CCOC(=O)CC#Cc1ccccc1S(N)(=O)=O. The average Bonchev–Trinajstić information content (AvgIpc) is 2.28. The Morgan fingerprint density at radius 1 is 1.39 bits per heavy atom. The van der Waals surface area contributed by atoms with Crippen molar-refractivity contribution in [1.82, 2.24) is 0 Å². The van der Waals surface area contributed by atoms with Gasteiger partial charge in [0.2, 0.25) is 10.0 Å². The Morgan fingerprint density at radius 3 is 2.67 bits per heavy atom. The van der Waals surface area contributed by atoms with Crippen molar-refractivity contribution in [2.45, 2.75) is 18.2 Å². The van der Waals surface area contributed by atoms with Crippen LogP contribution in [0.5, 0.6) is 0 Å². The molecule has 0 spiro atoms. The van der Waals surface area contributed by atoms with Crippen LogP contribution >= 0.6 is 0 Å². The minimum absolute atomic E-state index is 0.0543. The third-order valence-electron chi connectivity index (χ3n) is 1.95. The van der Waals surface area contributed by atoms with Crippen molar-refractivity contribution in [2.75, 3.05) is 6.61 Å². The summed E-state index contributed by atoms with van der Waals surface area (Å²) in [6.07, 6.45) is -0.0905. The highest BCUT2D eigenvalue weighted by Gasteiger charge is 2.11. The predicted octanol–water partition coefficient (Wildman–Crippen LogP) is 0.639. The fourth-order valence-corrected chi connectivity index (χ4v) is 1.94. The Labute approximate surface area is 106 Å². The molecule has 0 unspecified atom stereocenters. The number of primary sulfonamides is 1. The molecule has 0 saturated carbocycles. The highest BCUT2D eigenvalue weighted by atomic mass is 32.2. The van der Waals surface area contributed by atoms with Crippen molar-refractivity contribution in [3.05, 3.63) is 29.8 Å². The molecule has 0 aliphatic rings. The van der Waals surface area contributed by atoms with Crippen LogP contribution in [0.25, 0.3) is 0 Å². The van der Waals surface area contributed by atoms with Gasteiger partial charge in [-0.15, -0.1) is 0 Å². The molecule has 0 aliphatic carbocycles. The fraction of sp³-hybridized carbons (Fsp3) is 0.250. The number of rotatable bonds is 3. The number of hydrogen-bond donors (Lipinski definition) is 1. The molecular formula is C12H13NO4S. The summed E-state index contributed by atoms with van der Waals surface area (Å²) >= 11 is 0. The lowest BCUT2D eigenvalue weighted by Gasteiger charge is -2.00. The van der Waals surface area contributed by atoms with Crippen molar-refractivity contribution in [1.29, 1.82) is 0 Å². The van der Waals surface area contributed by atoms with Crippen LogP contribution < -0.4 is 5.14 Å². The zero-order valence-electron chi connectivity index (χ0n) is 9.84. The van der Waals surface area contributed by atoms with E-state index in [1.165, 1.54) is 12.1 Å². The highest BCUT2D eigenvalue weighted by Crippen LogP contribution is 2.12. The van der Waals surface area contributed by atoms with E-state index >= 15 is 0 Å². The monoisotopic (exact) mass is 267 g/mol. The molecule has 0 aromatic heterocycles. The van der Waals surface area contributed by atoms with Gasteiger partial charge in [-0.3, -0.25) is 4.79 Å². The molecule has 1 aromatic carbocycles. The molecule has 96 valence electrons. The standard InChI is InChI=1S/C12H13NO4S/c1-2-17-12(14)9-5-7-10-6-3-4-8-11(10)18(13,15)16/h3-4,6,8H,2,9H2,1H3,(H2,13,15,16). The van der Waals surface area contributed by atoms with Crippen molar-refractivity contribution < 1.29 is 17.9 Å². The number of ether oxygens (including phenoxy) is 1. The summed E-state index contributed by atoms with van der Waals surface area (Å²) in [7, 11) is -3.81. The van der Waals surface area contributed by atoms with Crippen molar-refractivity contribution in [2.24, 2.45) is 5.14 Å². The fourth-order valence-electron chi connectivity index (χ4n) is 1.24. The van der Waals surface area contributed by atoms with Gasteiger partial charge in [0, 0.05) is 5.56 Å². The van der Waals surface area contributed by atoms with E-state index in [-0.39, 0.29) is 23.5 Å². The first-order valence-electron chi connectivity index (χ1n) is 5.21. The number of benzene rings is 1. The van der Waals surface area contributed by atoms with Crippen LogP contribution in [0.4, 0.5) is 0 Å². The lowest BCUT2D eigenvalue weighted by molar-refractivity contribution is -0.141. The maximum Gasteiger partial charge on any atom is 0.317 e. The second-order valence-electron chi connectivity index (χ2n) is 3.32. The average molecular weight is 267 g/mol. The van der Waals surface area contributed by atoms with Gasteiger partial charge in [-0.05, 0) is 19.1 Å². The molecule has 1 aromatic rings. The Morgan fingerprint density at radius 2 is 2.06 bits per heavy atom. The lowest BCUT2D eigenvalue weighted by Crippen LogP contribution is -2.13. The van der Waals surface area contributed by atoms with Gasteiger partial charge in [-0.2, -0.15) is 0 Å². The molecule has 18 heavy (non-hydrogen) atoms. The molecule has 0 radical (unpaired) electrons. The first-order valence-corrected chi connectivity index (χ1v) is 6.76. The Balaban J connectivity index is 2.93. The highest BCUT2D eigenvalue weighted by molar-refractivity contribution is 7.89. The molecule has 1 rings (SSSR count). The van der Waals surface area contributed by atoms with E-state index in [0.29, 0.717) is 0 Å². The predicted molar refractivity (Wildman–Crippen MR) is 65.9 cm³/mol. The van der Waals surface area contributed by atoms with E-state index in [9.17, 15) is 13.2 Å². The molecular weight excluding hydrogens is 254 g/mol. The van der Waals surface area contributed by atoms with Gasteiger partial charge >= 0.3 is 5.97 Å². The summed E-state index contributed by atoms with van der Waals surface area (Å²) in [6, 6.07) is 6.08. The second-order valence-corrected chi connectivity index (χ2v) is 4.85.